The first kappa shape index (κ1) is 19.3. The average Bonchev–Trinajstić information content (AvgIpc) is 3.19. The van der Waals surface area contributed by atoms with Gasteiger partial charge in [0.25, 0.3) is 5.91 Å². The molecule has 0 aliphatic carbocycles. The van der Waals surface area contributed by atoms with Gasteiger partial charge in [-0.1, -0.05) is 12.1 Å². The van der Waals surface area contributed by atoms with E-state index in [0.29, 0.717) is 29.9 Å². The molecule has 1 heterocycles. The van der Waals surface area contributed by atoms with Crippen LogP contribution in [0.4, 0.5) is 5.69 Å². The molecule has 6 nitrogen and oxygen atoms in total. The number of anilines is 1. The summed E-state index contributed by atoms with van der Waals surface area (Å²) in [5, 5.41) is 2.78. The van der Waals surface area contributed by atoms with E-state index in [0.717, 1.165) is 18.4 Å². The normalized spacial score (nSPS) is 14.9. The van der Waals surface area contributed by atoms with E-state index in [-0.39, 0.29) is 16.6 Å². The van der Waals surface area contributed by atoms with E-state index in [9.17, 15) is 18.0 Å². The Balaban J connectivity index is 1.78. The van der Waals surface area contributed by atoms with Crippen LogP contribution in [0.15, 0.2) is 47.4 Å². The zero-order chi connectivity index (χ0) is 19.6. The smallest absolute Gasteiger partial charge is 0.255 e. The molecule has 1 aliphatic heterocycles. The molecule has 0 radical (unpaired) electrons. The lowest BCUT2D eigenvalue weighted by molar-refractivity contribution is 0.101. The van der Waals surface area contributed by atoms with Gasteiger partial charge in [-0.15, -0.1) is 0 Å². The second kappa shape index (κ2) is 7.62. The minimum absolute atomic E-state index is 0.0815. The molecule has 0 unspecified atom stereocenters. The third kappa shape index (κ3) is 4.09. The number of sulfonamides is 1. The highest BCUT2D eigenvalue weighted by Gasteiger charge is 2.27. The van der Waals surface area contributed by atoms with Crippen LogP contribution in [0.2, 0.25) is 0 Å². The third-order valence-electron chi connectivity index (χ3n) is 4.71. The Kier molecular flexibility index (Phi) is 5.43. The highest BCUT2D eigenvalue weighted by Crippen LogP contribution is 2.22. The first-order chi connectivity index (χ1) is 12.8. The Morgan fingerprint density at radius 1 is 0.963 bits per heavy atom. The summed E-state index contributed by atoms with van der Waals surface area (Å²) in [7, 11) is -3.50. The predicted octanol–water partition coefficient (Wildman–Crippen LogP) is 3.23. The predicted molar refractivity (Wildman–Crippen MR) is 104 cm³/mol. The first-order valence-electron chi connectivity index (χ1n) is 8.82. The van der Waals surface area contributed by atoms with Crippen molar-refractivity contribution in [3.8, 4) is 0 Å². The summed E-state index contributed by atoms with van der Waals surface area (Å²) in [6.07, 6.45) is 1.75. The van der Waals surface area contributed by atoms with Gasteiger partial charge >= 0.3 is 0 Å². The number of hydrogen-bond donors (Lipinski definition) is 1. The van der Waals surface area contributed by atoms with Crippen LogP contribution in [0.3, 0.4) is 0 Å². The zero-order valence-corrected chi connectivity index (χ0v) is 16.2. The highest BCUT2D eigenvalue weighted by molar-refractivity contribution is 7.89. The molecule has 2 aromatic rings. The summed E-state index contributed by atoms with van der Waals surface area (Å²) in [6, 6.07) is 11.1. The molecule has 0 saturated carbocycles. The van der Waals surface area contributed by atoms with E-state index in [1.165, 1.54) is 35.5 Å². The van der Waals surface area contributed by atoms with Crippen molar-refractivity contribution in [1.82, 2.24) is 4.31 Å². The Morgan fingerprint density at radius 3 is 2.15 bits per heavy atom. The Hall–Kier alpha value is -2.51. The molecule has 0 aromatic heterocycles. The van der Waals surface area contributed by atoms with Gasteiger partial charge in [-0.25, -0.2) is 8.42 Å². The molecule has 7 heteroatoms. The quantitative estimate of drug-likeness (QED) is 0.800. The molecule has 0 atom stereocenters. The Bertz CT molecular complexity index is 976. The average molecular weight is 386 g/mol. The summed E-state index contributed by atoms with van der Waals surface area (Å²) >= 11 is 0. The molecule has 27 heavy (non-hydrogen) atoms. The van der Waals surface area contributed by atoms with Gasteiger partial charge in [-0.2, -0.15) is 4.31 Å². The van der Waals surface area contributed by atoms with Crippen molar-refractivity contribution in [2.75, 3.05) is 18.4 Å². The van der Waals surface area contributed by atoms with Crippen LogP contribution in [0, 0.1) is 6.92 Å². The van der Waals surface area contributed by atoms with Crippen LogP contribution in [0.1, 0.15) is 46.0 Å². The molecule has 3 rings (SSSR count). The maximum Gasteiger partial charge on any atom is 0.255 e. The van der Waals surface area contributed by atoms with Gasteiger partial charge in [-0.05, 0) is 62.6 Å². The largest absolute Gasteiger partial charge is 0.322 e. The number of nitrogens with one attached hydrogen (secondary N) is 1. The number of carbonyl (C=O) groups excluding carboxylic acids is 2. The monoisotopic (exact) mass is 386 g/mol. The number of amides is 1. The number of ketones is 1. The van der Waals surface area contributed by atoms with Gasteiger partial charge in [0.05, 0.1) is 4.90 Å². The summed E-state index contributed by atoms with van der Waals surface area (Å²) < 4.78 is 26.6. The number of aryl methyl sites for hydroxylation is 1. The van der Waals surface area contributed by atoms with E-state index in [2.05, 4.69) is 5.32 Å². The fourth-order valence-electron chi connectivity index (χ4n) is 3.03. The fourth-order valence-corrected chi connectivity index (χ4v) is 4.54. The third-order valence-corrected chi connectivity index (χ3v) is 6.62. The maximum absolute atomic E-state index is 12.5. The molecule has 1 fully saturated rings. The summed E-state index contributed by atoms with van der Waals surface area (Å²) in [6.45, 7) is 4.38. The minimum atomic E-state index is -3.50. The minimum Gasteiger partial charge on any atom is -0.322 e. The van der Waals surface area contributed by atoms with Crippen molar-refractivity contribution in [3.05, 3.63) is 59.2 Å². The van der Waals surface area contributed by atoms with Crippen LogP contribution in [0.25, 0.3) is 0 Å². The van der Waals surface area contributed by atoms with Gasteiger partial charge < -0.3 is 5.32 Å². The lowest BCUT2D eigenvalue weighted by Crippen LogP contribution is -2.27. The van der Waals surface area contributed by atoms with Crippen LogP contribution < -0.4 is 5.32 Å². The van der Waals surface area contributed by atoms with Crippen molar-refractivity contribution >= 4 is 27.4 Å². The lowest BCUT2D eigenvalue weighted by Gasteiger charge is -2.15. The van der Waals surface area contributed by atoms with Crippen LogP contribution >= 0.6 is 0 Å². The van der Waals surface area contributed by atoms with Crippen LogP contribution in [-0.4, -0.2) is 37.5 Å². The molecule has 2 aromatic carbocycles. The maximum atomic E-state index is 12.5. The van der Waals surface area contributed by atoms with Crippen molar-refractivity contribution < 1.29 is 18.0 Å². The molecule has 1 N–H and O–H groups in total. The van der Waals surface area contributed by atoms with Crippen molar-refractivity contribution in [2.24, 2.45) is 0 Å². The van der Waals surface area contributed by atoms with Gasteiger partial charge in [0.15, 0.2) is 5.78 Å². The zero-order valence-electron chi connectivity index (χ0n) is 15.4. The molecule has 1 amide bonds. The number of nitrogens with zero attached hydrogens (tertiary/aromatic N) is 1. The van der Waals surface area contributed by atoms with E-state index in [1.54, 1.807) is 18.2 Å². The van der Waals surface area contributed by atoms with E-state index in [4.69, 9.17) is 0 Å². The van der Waals surface area contributed by atoms with E-state index < -0.39 is 10.0 Å². The molecule has 142 valence electrons. The molecule has 0 spiro atoms. The highest BCUT2D eigenvalue weighted by atomic mass is 32.2. The summed E-state index contributed by atoms with van der Waals surface area (Å²) in [5.41, 5.74) is 2.26. The van der Waals surface area contributed by atoms with Crippen molar-refractivity contribution in [3.63, 3.8) is 0 Å². The van der Waals surface area contributed by atoms with E-state index >= 15 is 0 Å². The molecular formula is C20H22N2O4S. The SMILES string of the molecule is CC(=O)c1ccc(C)c(NC(=O)c2ccc(S(=O)(=O)N3CCCC3)cc2)c1. The lowest BCUT2D eigenvalue weighted by atomic mass is 10.1. The second-order valence-electron chi connectivity index (χ2n) is 6.68. The number of carbonyl (C=O) groups is 2. The van der Waals surface area contributed by atoms with Crippen molar-refractivity contribution in [2.45, 2.75) is 31.6 Å². The van der Waals surface area contributed by atoms with Crippen LogP contribution in [0.5, 0.6) is 0 Å². The molecular weight excluding hydrogens is 364 g/mol. The van der Waals surface area contributed by atoms with Crippen molar-refractivity contribution in [1.29, 1.82) is 0 Å². The number of rotatable bonds is 5. The second-order valence-corrected chi connectivity index (χ2v) is 8.61. The van der Waals surface area contributed by atoms with Gasteiger partial charge in [-0.3, -0.25) is 9.59 Å². The fraction of sp³-hybridized carbons (Fsp3) is 0.300. The van der Waals surface area contributed by atoms with Gasteiger partial charge in [0, 0.05) is 29.9 Å². The van der Waals surface area contributed by atoms with Gasteiger partial charge in [0.1, 0.15) is 0 Å². The van der Waals surface area contributed by atoms with Gasteiger partial charge in [0.2, 0.25) is 10.0 Å². The summed E-state index contributed by atoms with van der Waals surface area (Å²) in [5.74, 6) is -0.439. The number of hydrogen-bond acceptors (Lipinski definition) is 4. The van der Waals surface area contributed by atoms with E-state index in [1.807, 2.05) is 6.92 Å². The Morgan fingerprint density at radius 2 is 1.56 bits per heavy atom. The molecule has 1 aliphatic rings. The first-order valence-corrected chi connectivity index (χ1v) is 10.3. The Labute approximate surface area is 159 Å². The molecule has 0 bridgehead atoms. The standard InChI is InChI=1S/C20H22N2O4S/c1-14-5-6-17(15(2)23)13-19(14)21-20(24)16-7-9-18(10-8-16)27(25,26)22-11-3-4-12-22/h5-10,13H,3-4,11-12H2,1-2H3,(H,21,24). The summed E-state index contributed by atoms with van der Waals surface area (Å²) in [4.78, 5) is 24.2. The number of Topliss-reactive ketones (excluding diaryl/α,β-unsaturated/α-hetero) is 1. The molecule has 1 saturated heterocycles. The van der Waals surface area contributed by atoms with Crippen LogP contribution in [-0.2, 0) is 10.0 Å². The number of benzene rings is 2. The topological polar surface area (TPSA) is 83.5 Å².